The molecule has 0 amide bonds. The van der Waals surface area contributed by atoms with Crippen LogP contribution in [-0.4, -0.2) is 63.8 Å². The third kappa shape index (κ3) is 6.66. The molecule has 162 valence electrons. The lowest BCUT2D eigenvalue weighted by molar-refractivity contribution is 0.169. The Balaban J connectivity index is 0.00000300. The summed E-state index contributed by atoms with van der Waals surface area (Å²) in [6, 6.07) is 1.99. The average molecular weight is 517 g/mol. The SMILES string of the molecule is CCNC(=NCc1noc(C(C)(C)C)n1)N1CCN(Cc2cc(C)on2)CC1.I. The number of rotatable bonds is 5. The van der Waals surface area contributed by atoms with Crippen molar-refractivity contribution in [1.82, 2.24) is 30.4 Å². The van der Waals surface area contributed by atoms with Crippen molar-refractivity contribution in [3.8, 4) is 0 Å². The molecule has 1 saturated heterocycles. The molecular weight excluding hydrogens is 485 g/mol. The first-order valence-electron chi connectivity index (χ1n) is 9.86. The molecule has 0 aliphatic carbocycles. The molecule has 1 aliphatic heterocycles. The summed E-state index contributed by atoms with van der Waals surface area (Å²) in [6.07, 6.45) is 0. The summed E-state index contributed by atoms with van der Waals surface area (Å²) in [4.78, 5) is 13.8. The topological polar surface area (TPSA) is 95.8 Å². The number of piperazine rings is 1. The van der Waals surface area contributed by atoms with E-state index < -0.39 is 0 Å². The van der Waals surface area contributed by atoms with Gasteiger partial charge in [-0.1, -0.05) is 31.1 Å². The maximum atomic E-state index is 5.35. The van der Waals surface area contributed by atoms with Crippen LogP contribution in [0, 0.1) is 6.92 Å². The minimum atomic E-state index is -0.155. The molecule has 0 aromatic carbocycles. The second-order valence-electron chi connectivity index (χ2n) is 8.13. The first-order valence-corrected chi connectivity index (χ1v) is 9.86. The average Bonchev–Trinajstić information content (AvgIpc) is 3.28. The van der Waals surface area contributed by atoms with Gasteiger partial charge in [0, 0.05) is 50.7 Å². The zero-order valence-corrected chi connectivity index (χ0v) is 20.3. The van der Waals surface area contributed by atoms with Gasteiger partial charge in [-0.05, 0) is 13.8 Å². The Morgan fingerprint density at radius 1 is 1.17 bits per heavy atom. The van der Waals surface area contributed by atoms with E-state index in [1.54, 1.807) is 0 Å². The molecule has 10 heteroatoms. The molecule has 2 aromatic heterocycles. The number of hydrogen-bond acceptors (Lipinski definition) is 7. The van der Waals surface area contributed by atoms with E-state index in [1.807, 2.05) is 13.0 Å². The smallest absolute Gasteiger partial charge is 0.232 e. The zero-order chi connectivity index (χ0) is 20.1. The van der Waals surface area contributed by atoms with Gasteiger partial charge in [-0.25, -0.2) is 4.99 Å². The van der Waals surface area contributed by atoms with Crippen molar-refractivity contribution < 1.29 is 9.05 Å². The predicted molar refractivity (Wildman–Crippen MR) is 121 cm³/mol. The number of aromatic nitrogens is 3. The maximum absolute atomic E-state index is 5.35. The van der Waals surface area contributed by atoms with Crippen LogP contribution in [0.4, 0.5) is 0 Å². The minimum absolute atomic E-state index is 0. The fourth-order valence-corrected chi connectivity index (χ4v) is 3.03. The van der Waals surface area contributed by atoms with Crippen molar-refractivity contribution in [2.75, 3.05) is 32.7 Å². The highest BCUT2D eigenvalue weighted by Crippen LogP contribution is 2.19. The molecule has 1 N–H and O–H groups in total. The fraction of sp³-hybridized carbons (Fsp3) is 0.684. The van der Waals surface area contributed by atoms with Gasteiger partial charge in [0.25, 0.3) is 0 Å². The zero-order valence-electron chi connectivity index (χ0n) is 17.9. The van der Waals surface area contributed by atoms with Crippen LogP contribution >= 0.6 is 24.0 Å². The van der Waals surface area contributed by atoms with Crippen LogP contribution < -0.4 is 5.32 Å². The molecule has 0 atom stereocenters. The summed E-state index contributed by atoms with van der Waals surface area (Å²) < 4.78 is 10.5. The Labute approximate surface area is 189 Å². The molecule has 1 fully saturated rings. The summed E-state index contributed by atoms with van der Waals surface area (Å²) in [6.45, 7) is 15.9. The molecule has 9 nitrogen and oxygen atoms in total. The highest BCUT2D eigenvalue weighted by Gasteiger charge is 2.23. The van der Waals surface area contributed by atoms with E-state index in [-0.39, 0.29) is 29.4 Å². The molecule has 0 unspecified atom stereocenters. The first kappa shape index (κ1) is 23.6. The van der Waals surface area contributed by atoms with Gasteiger partial charge in [-0.3, -0.25) is 4.90 Å². The molecule has 0 radical (unpaired) electrons. The summed E-state index contributed by atoms with van der Waals surface area (Å²) in [5.74, 6) is 2.99. The standard InChI is InChI=1S/C19H31N7O2.HI/c1-6-20-18(21-12-16-22-17(28-24-16)19(3,4)5)26-9-7-25(8-10-26)13-15-11-14(2)27-23-15;/h11H,6-10,12-13H2,1-5H3,(H,20,21);1H. The number of aliphatic imine (C=N–C) groups is 1. The van der Waals surface area contributed by atoms with E-state index in [0.717, 1.165) is 56.7 Å². The van der Waals surface area contributed by atoms with Crippen molar-refractivity contribution >= 4 is 29.9 Å². The number of aryl methyl sites for hydroxylation is 1. The predicted octanol–water partition coefficient (Wildman–Crippen LogP) is 2.56. The summed E-state index contributed by atoms with van der Waals surface area (Å²) in [5, 5.41) is 11.5. The largest absolute Gasteiger partial charge is 0.361 e. The molecule has 3 rings (SSSR count). The van der Waals surface area contributed by atoms with E-state index in [4.69, 9.17) is 14.0 Å². The van der Waals surface area contributed by atoms with Gasteiger partial charge in [0.05, 0.1) is 5.69 Å². The van der Waals surface area contributed by atoms with Crippen LogP contribution in [0.2, 0.25) is 0 Å². The van der Waals surface area contributed by atoms with Crippen LogP contribution in [0.5, 0.6) is 0 Å². The number of nitrogens with zero attached hydrogens (tertiary/aromatic N) is 6. The summed E-state index contributed by atoms with van der Waals surface area (Å²) in [5.41, 5.74) is 0.830. The first-order chi connectivity index (χ1) is 13.3. The molecule has 29 heavy (non-hydrogen) atoms. The van der Waals surface area contributed by atoms with E-state index >= 15 is 0 Å². The lowest BCUT2D eigenvalue weighted by Gasteiger charge is -2.36. The van der Waals surface area contributed by atoms with E-state index in [0.29, 0.717) is 18.3 Å². The van der Waals surface area contributed by atoms with Crippen molar-refractivity contribution in [1.29, 1.82) is 0 Å². The van der Waals surface area contributed by atoms with Gasteiger partial charge >= 0.3 is 0 Å². The molecular formula is C19H32IN7O2. The lowest BCUT2D eigenvalue weighted by atomic mass is 9.97. The third-order valence-corrected chi connectivity index (χ3v) is 4.55. The number of guanidine groups is 1. The van der Waals surface area contributed by atoms with Crippen LogP contribution in [0.1, 0.15) is 50.9 Å². The molecule has 0 spiro atoms. The molecule has 0 bridgehead atoms. The van der Waals surface area contributed by atoms with Crippen LogP contribution in [0.3, 0.4) is 0 Å². The molecule has 1 aliphatic rings. The second-order valence-corrected chi connectivity index (χ2v) is 8.13. The normalized spacial score (nSPS) is 16.0. The Kier molecular flexibility index (Phi) is 8.44. The van der Waals surface area contributed by atoms with Crippen molar-refractivity contribution in [2.24, 2.45) is 4.99 Å². The third-order valence-electron chi connectivity index (χ3n) is 4.55. The van der Waals surface area contributed by atoms with Gasteiger partial charge in [0.1, 0.15) is 12.3 Å². The Morgan fingerprint density at radius 3 is 2.45 bits per heavy atom. The molecule has 2 aromatic rings. The van der Waals surface area contributed by atoms with Crippen LogP contribution in [0.25, 0.3) is 0 Å². The summed E-state index contributed by atoms with van der Waals surface area (Å²) >= 11 is 0. The van der Waals surface area contributed by atoms with Crippen molar-refractivity contribution in [2.45, 2.75) is 53.1 Å². The number of hydrogen-bond donors (Lipinski definition) is 1. The van der Waals surface area contributed by atoms with Gasteiger partial charge < -0.3 is 19.3 Å². The number of halogens is 1. The van der Waals surface area contributed by atoms with E-state index in [1.165, 1.54) is 0 Å². The quantitative estimate of drug-likeness (QED) is 0.368. The van der Waals surface area contributed by atoms with Gasteiger partial charge in [0.2, 0.25) is 5.89 Å². The Morgan fingerprint density at radius 2 is 1.90 bits per heavy atom. The Bertz CT molecular complexity index is 789. The van der Waals surface area contributed by atoms with Gasteiger partial charge in [0.15, 0.2) is 11.8 Å². The minimum Gasteiger partial charge on any atom is -0.361 e. The van der Waals surface area contributed by atoms with E-state index in [9.17, 15) is 0 Å². The molecule has 3 heterocycles. The van der Waals surface area contributed by atoms with Crippen LogP contribution in [0.15, 0.2) is 20.1 Å². The Hall–Kier alpha value is -1.69. The lowest BCUT2D eigenvalue weighted by Crippen LogP contribution is -2.52. The van der Waals surface area contributed by atoms with Crippen molar-refractivity contribution in [3.63, 3.8) is 0 Å². The van der Waals surface area contributed by atoms with E-state index in [2.05, 4.69) is 58.1 Å². The number of nitrogens with one attached hydrogen (secondary N) is 1. The monoisotopic (exact) mass is 517 g/mol. The van der Waals surface area contributed by atoms with Gasteiger partial charge in [-0.2, -0.15) is 4.98 Å². The van der Waals surface area contributed by atoms with Crippen molar-refractivity contribution in [3.05, 3.63) is 29.2 Å². The molecule has 0 saturated carbocycles. The second kappa shape index (κ2) is 10.4. The van der Waals surface area contributed by atoms with Gasteiger partial charge in [-0.15, -0.1) is 24.0 Å². The highest BCUT2D eigenvalue weighted by atomic mass is 127. The summed E-state index contributed by atoms with van der Waals surface area (Å²) in [7, 11) is 0. The fourth-order valence-electron chi connectivity index (χ4n) is 3.03. The highest BCUT2D eigenvalue weighted by molar-refractivity contribution is 14.0. The maximum Gasteiger partial charge on any atom is 0.232 e. The van der Waals surface area contributed by atoms with Crippen LogP contribution in [-0.2, 0) is 18.5 Å².